The number of aromatic nitrogens is 3. The quantitative estimate of drug-likeness (QED) is 0.856. The minimum Gasteiger partial charge on any atom is -0.329 e. The van der Waals surface area contributed by atoms with Crippen LogP contribution in [0.4, 0.5) is 10.8 Å². The largest absolute Gasteiger partial charge is 0.329 e. The second-order valence-electron chi connectivity index (χ2n) is 2.75. The minimum atomic E-state index is 0.676. The van der Waals surface area contributed by atoms with Crippen LogP contribution >= 0.6 is 23.1 Å². The zero-order chi connectivity index (χ0) is 9.97. The topological polar surface area (TPSA) is 50.7 Å². The van der Waals surface area contributed by atoms with Gasteiger partial charge in [0.25, 0.3) is 0 Å². The first-order valence-electron chi connectivity index (χ1n) is 3.94. The summed E-state index contributed by atoms with van der Waals surface area (Å²) in [5.41, 5.74) is 2.03. The van der Waals surface area contributed by atoms with E-state index in [-0.39, 0.29) is 0 Å². The number of rotatable bonds is 2. The molecule has 0 spiro atoms. The highest BCUT2D eigenvalue weighted by atomic mass is 35.5. The van der Waals surface area contributed by atoms with Gasteiger partial charge in [-0.1, -0.05) is 21.2 Å². The zero-order valence-corrected chi connectivity index (χ0v) is 8.93. The molecular formula is C8H7ClN4S. The van der Waals surface area contributed by atoms with Crippen LogP contribution in [-0.4, -0.2) is 14.8 Å². The molecule has 1 aromatic heterocycles. The van der Waals surface area contributed by atoms with E-state index in [4.69, 9.17) is 11.6 Å². The van der Waals surface area contributed by atoms with Crippen LogP contribution in [0.1, 0.15) is 5.56 Å². The van der Waals surface area contributed by atoms with E-state index in [1.165, 1.54) is 11.5 Å². The van der Waals surface area contributed by atoms with E-state index in [1.807, 2.05) is 25.1 Å². The van der Waals surface area contributed by atoms with Crippen molar-refractivity contribution < 1.29 is 0 Å². The number of anilines is 2. The van der Waals surface area contributed by atoms with E-state index in [9.17, 15) is 0 Å². The summed E-state index contributed by atoms with van der Waals surface area (Å²) in [5, 5.41) is 11.8. The van der Waals surface area contributed by atoms with E-state index in [1.54, 1.807) is 0 Å². The molecule has 0 atom stereocenters. The highest BCUT2D eigenvalue weighted by Gasteiger charge is 2.02. The number of benzene rings is 1. The maximum Gasteiger partial charge on any atom is 0.229 e. The van der Waals surface area contributed by atoms with Crippen LogP contribution in [0, 0.1) is 6.92 Å². The molecule has 0 aliphatic carbocycles. The van der Waals surface area contributed by atoms with Gasteiger partial charge in [-0.2, -0.15) is 0 Å². The van der Waals surface area contributed by atoms with Crippen LogP contribution in [0.25, 0.3) is 0 Å². The Kier molecular flexibility index (Phi) is 2.60. The van der Waals surface area contributed by atoms with E-state index in [0.29, 0.717) is 5.13 Å². The van der Waals surface area contributed by atoms with Crippen molar-refractivity contribution in [2.75, 3.05) is 5.32 Å². The van der Waals surface area contributed by atoms with Gasteiger partial charge >= 0.3 is 0 Å². The molecule has 0 saturated heterocycles. The molecule has 0 saturated carbocycles. The summed E-state index contributed by atoms with van der Waals surface area (Å²) in [7, 11) is 0. The maximum atomic E-state index is 5.83. The van der Waals surface area contributed by atoms with Crippen LogP contribution in [0.15, 0.2) is 18.2 Å². The number of hydrogen-bond donors (Lipinski definition) is 1. The van der Waals surface area contributed by atoms with Gasteiger partial charge in [-0.05, 0) is 35.9 Å². The number of aryl methyl sites for hydroxylation is 1. The van der Waals surface area contributed by atoms with Crippen LogP contribution in [-0.2, 0) is 0 Å². The lowest BCUT2D eigenvalue weighted by molar-refractivity contribution is 0.961. The van der Waals surface area contributed by atoms with E-state index < -0.39 is 0 Å². The van der Waals surface area contributed by atoms with Crippen molar-refractivity contribution in [1.82, 2.24) is 14.8 Å². The average molecular weight is 227 g/mol. The van der Waals surface area contributed by atoms with E-state index >= 15 is 0 Å². The summed E-state index contributed by atoms with van der Waals surface area (Å²) in [6, 6.07) is 5.61. The smallest absolute Gasteiger partial charge is 0.229 e. The summed E-state index contributed by atoms with van der Waals surface area (Å²) < 4.78 is 3.66. The molecule has 72 valence electrons. The number of nitrogens with one attached hydrogen (secondary N) is 1. The fraction of sp³-hybridized carbons (Fsp3) is 0.125. The predicted octanol–water partition coefficient (Wildman–Crippen LogP) is 2.64. The molecule has 0 amide bonds. The molecule has 6 heteroatoms. The van der Waals surface area contributed by atoms with Crippen molar-refractivity contribution in [3.8, 4) is 0 Å². The molecule has 4 nitrogen and oxygen atoms in total. The van der Waals surface area contributed by atoms with Gasteiger partial charge in [0.1, 0.15) is 0 Å². The lowest BCUT2D eigenvalue weighted by Crippen LogP contribution is -1.92. The molecule has 2 aromatic rings. The van der Waals surface area contributed by atoms with Crippen LogP contribution < -0.4 is 5.32 Å². The third-order valence-electron chi connectivity index (χ3n) is 1.73. The predicted molar refractivity (Wildman–Crippen MR) is 57.2 cm³/mol. The number of hydrogen-bond acceptors (Lipinski definition) is 5. The number of nitrogens with zero attached hydrogens (tertiary/aromatic N) is 3. The maximum absolute atomic E-state index is 5.83. The SMILES string of the molecule is Cc1cc(Cl)ccc1Nc1nnns1. The summed E-state index contributed by atoms with van der Waals surface area (Å²) in [4.78, 5) is 0. The lowest BCUT2D eigenvalue weighted by Gasteiger charge is -2.05. The van der Waals surface area contributed by atoms with Crippen molar-refractivity contribution in [2.45, 2.75) is 6.92 Å². The van der Waals surface area contributed by atoms with Crippen molar-refractivity contribution in [3.63, 3.8) is 0 Å². The standard InChI is InChI=1S/C8H7ClN4S/c1-5-4-6(9)2-3-7(5)10-8-11-12-13-14-8/h2-4H,1H3,(H,10,11,13). The van der Waals surface area contributed by atoms with E-state index in [2.05, 4.69) is 20.1 Å². The van der Waals surface area contributed by atoms with Crippen LogP contribution in [0.5, 0.6) is 0 Å². The molecule has 1 aromatic carbocycles. The third-order valence-corrected chi connectivity index (χ3v) is 2.48. The first-order chi connectivity index (χ1) is 6.75. The normalized spacial score (nSPS) is 10.1. The molecular weight excluding hydrogens is 220 g/mol. The average Bonchev–Trinajstić information content (AvgIpc) is 2.62. The second-order valence-corrected chi connectivity index (χ2v) is 3.92. The Morgan fingerprint density at radius 1 is 1.43 bits per heavy atom. The Balaban J connectivity index is 2.25. The fourth-order valence-corrected chi connectivity index (χ4v) is 1.67. The van der Waals surface area contributed by atoms with Gasteiger partial charge in [-0.3, -0.25) is 0 Å². The Morgan fingerprint density at radius 2 is 2.29 bits per heavy atom. The first kappa shape index (κ1) is 9.36. The highest BCUT2D eigenvalue weighted by molar-refractivity contribution is 7.09. The molecule has 0 unspecified atom stereocenters. The van der Waals surface area contributed by atoms with Gasteiger partial charge in [0.2, 0.25) is 5.13 Å². The summed E-state index contributed by atoms with van der Waals surface area (Å²) >= 11 is 7.05. The Bertz CT molecular complexity index is 429. The molecule has 14 heavy (non-hydrogen) atoms. The lowest BCUT2D eigenvalue weighted by atomic mass is 10.2. The van der Waals surface area contributed by atoms with Crippen molar-refractivity contribution in [2.24, 2.45) is 0 Å². The van der Waals surface area contributed by atoms with Crippen LogP contribution in [0.2, 0.25) is 5.02 Å². The second kappa shape index (κ2) is 3.89. The minimum absolute atomic E-state index is 0.676. The third kappa shape index (κ3) is 2.00. The van der Waals surface area contributed by atoms with Gasteiger partial charge in [0.15, 0.2) is 0 Å². The Morgan fingerprint density at radius 3 is 2.93 bits per heavy atom. The van der Waals surface area contributed by atoms with E-state index in [0.717, 1.165) is 16.3 Å². The van der Waals surface area contributed by atoms with Crippen molar-refractivity contribution in [1.29, 1.82) is 0 Å². The number of halogens is 1. The molecule has 1 N–H and O–H groups in total. The summed E-state index contributed by atoms with van der Waals surface area (Å²) in [6.45, 7) is 1.97. The zero-order valence-electron chi connectivity index (χ0n) is 7.36. The summed E-state index contributed by atoms with van der Waals surface area (Å²) in [5.74, 6) is 0. The Labute approximate surface area is 90.1 Å². The highest BCUT2D eigenvalue weighted by Crippen LogP contribution is 2.23. The van der Waals surface area contributed by atoms with Gasteiger partial charge < -0.3 is 5.32 Å². The van der Waals surface area contributed by atoms with Gasteiger partial charge in [-0.25, -0.2) is 0 Å². The van der Waals surface area contributed by atoms with Crippen LogP contribution in [0.3, 0.4) is 0 Å². The molecule has 0 radical (unpaired) electrons. The molecule has 1 heterocycles. The summed E-state index contributed by atoms with van der Waals surface area (Å²) in [6.07, 6.45) is 0. The first-order valence-corrected chi connectivity index (χ1v) is 5.09. The fourth-order valence-electron chi connectivity index (χ4n) is 1.06. The molecule has 0 aliphatic rings. The van der Waals surface area contributed by atoms with Gasteiger partial charge in [-0.15, -0.1) is 0 Å². The monoisotopic (exact) mass is 226 g/mol. The molecule has 2 rings (SSSR count). The molecule has 0 aliphatic heterocycles. The van der Waals surface area contributed by atoms with Gasteiger partial charge in [0.05, 0.1) is 0 Å². The van der Waals surface area contributed by atoms with Crippen molar-refractivity contribution >= 4 is 34.0 Å². The van der Waals surface area contributed by atoms with Crippen molar-refractivity contribution in [3.05, 3.63) is 28.8 Å². The Hall–Kier alpha value is -1.20. The van der Waals surface area contributed by atoms with Gasteiger partial charge in [0, 0.05) is 22.2 Å². The molecule has 0 bridgehead atoms. The molecule has 0 fully saturated rings.